The van der Waals surface area contributed by atoms with Crippen molar-refractivity contribution in [2.24, 2.45) is 5.92 Å². The van der Waals surface area contributed by atoms with Crippen LogP contribution >= 0.6 is 0 Å². The number of amides is 1. The molecular formula is C16H18FN3O2. The number of nitrogens with zero attached hydrogens (tertiary/aromatic N) is 3. The molecule has 1 aliphatic rings. The fourth-order valence-electron chi connectivity index (χ4n) is 2.96. The Kier molecular flexibility index (Phi) is 4.02. The molecule has 0 bridgehead atoms. The van der Waals surface area contributed by atoms with Crippen molar-refractivity contribution in [3.05, 3.63) is 35.9 Å². The van der Waals surface area contributed by atoms with E-state index in [-0.39, 0.29) is 17.4 Å². The first kappa shape index (κ1) is 14.8. The largest absolute Gasteiger partial charge is 0.393 e. The summed E-state index contributed by atoms with van der Waals surface area (Å²) in [6.07, 6.45) is 4.23. The van der Waals surface area contributed by atoms with E-state index in [2.05, 4.69) is 9.97 Å². The van der Waals surface area contributed by atoms with E-state index in [9.17, 15) is 14.3 Å². The zero-order valence-corrected chi connectivity index (χ0v) is 12.4. The molecule has 1 fully saturated rings. The van der Waals surface area contributed by atoms with Gasteiger partial charge in [0.15, 0.2) is 0 Å². The van der Waals surface area contributed by atoms with Crippen LogP contribution in [0.2, 0.25) is 0 Å². The summed E-state index contributed by atoms with van der Waals surface area (Å²) in [6.45, 7) is 2.83. The van der Waals surface area contributed by atoms with Crippen molar-refractivity contribution >= 4 is 16.9 Å². The highest BCUT2D eigenvalue weighted by Gasteiger charge is 2.28. The molecule has 2 atom stereocenters. The fourth-order valence-corrected chi connectivity index (χ4v) is 2.96. The van der Waals surface area contributed by atoms with Gasteiger partial charge in [-0.15, -0.1) is 0 Å². The molecule has 1 aromatic carbocycles. The number of aliphatic hydroxyl groups is 1. The molecule has 2 unspecified atom stereocenters. The minimum atomic E-state index is -0.500. The molecule has 1 amide bonds. The van der Waals surface area contributed by atoms with Crippen LogP contribution in [0, 0.1) is 11.7 Å². The molecule has 0 saturated carbocycles. The van der Waals surface area contributed by atoms with Crippen LogP contribution in [0.15, 0.2) is 24.5 Å². The predicted octanol–water partition coefficient (Wildman–Crippen LogP) is 2.00. The van der Waals surface area contributed by atoms with Crippen molar-refractivity contribution in [2.45, 2.75) is 25.9 Å². The zero-order valence-electron chi connectivity index (χ0n) is 12.4. The maximum atomic E-state index is 13.8. The van der Waals surface area contributed by atoms with Crippen molar-refractivity contribution in [1.29, 1.82) is 0 Å². The smallest absolute Gasteiger partial charge is 0.256 e. The third kappa shape index (κ3) is 2.78. The normalized spacial score (nSPS) is 20.1. The molecule has 0 radical (unpaired) electrons. The summed E-state index contributed by atoms with van der Waals surface area (Å²) in [7, 11) is 0. The van der Waals surface area contributed by atoms with Crippen LogP contribution in [-0.2, 0) is 0 Å². The van der Waals surface area contributed by atoms with Crippen molar-refractivity contribution in [2.75, 3.05) is 13.1 Å². The quantitative estimate of drug-likeness (QED) is 0.921. The highest BCUT2D eigenvalue weighted by molar-refractivity contribution is 6.04. The molecule has 5 nitrogen and oxygen atoms in total. The fraction of sp³-hybridized carbons (Fsp3) is 0.438. The highest BCUT2D eigenvalue weighted by Crippen LogP contribution is 2.24. The van der Waals surface area contributed by atoms with E-state index in [1.807, 2.05) is 0 Å². The lowest BCUT2D eigenvalue weighted by molar-refractivity contribution is 0.0467. The summed E-state index contributed by atoms with van der Waals surface area (Å²) < 4.78 is 13.8. The number of hydrogen-bond donors (Lipinski definition) is 1. The van der Waals surface area contributed by atoms with Gasteiger partial charge in [-0.1, -0.05) is 0 Å². The number of hydrogen-bond acceptors (Lipinski definition) is 4. The van der Waals surface area contributed by atoms with Gasteiger partial charge in [-0.05, 0) is 25.8 Å². The van der Waals surface area contributed by atoms with Crippen LogP contribution in [0.3, 0.4) is 0 Å². The molecule has 1 aromatic heterocycles. The molecule has 1 N–H and O–H groups in total. The van der Waals surface area contributed by atoms with Crippen molar-refractivity contribution in [3.8, 4) is 0 Å². The number of benzene rings is 1. The van der Waals surface area contributed by atoms with E-state index in [1.54, 1.807) is 11.8 Å². The van der Waals surface area contributed by atoms with Crippen LogP contribution in [0.1, 0.15) is 30.1 Å². The van der Waals surface area contributed by atoms with Crippen molar-refractivity contribution in [1.82, 2.24) is 14.9 Å². The number of carbonyl (C=O) groups is 1. The lowest BCUT2D eigenvalue weighted by atomic mass is 9.93. The standard InChI is InChI=1S/C16H18FN3O2/c1-10(21)11-3-2-6-20(9-11)16(22)13-7-12(17)8-14-15(13)19-5-4-18-14/h4-5,7-8,10-11,21H,2-3,6,9H2,1H3. The van der Waals surface area contributed by atoms with E-state index in [0.29, 0.717) is 24.1 Å². The Morgan fingerprint density at radius 1 is 1.41 bits per heavy atom. The molecule has 6 heteroatoms. The van der Waals surface area contributed by atoms with Crippen molar-refractivity contribution < 1.29 is 14.3 Å². The van der Waals surface area contributed by atoms with Crippen LogP contribution in [-0.4, -0.2) is 45.1 Å². The highest BCUT2D eigenvalue weighted by atomic mass is 19.1. The van der Waals surface area contributed by atoms with Crippen LogP contribution < -0.4 is 0 Å². The van der Waals surface area contributed by atoms with Gasteiger partial charge in [-0.3, -0.25) is 14.8 Å². The van der Waals surface area contributed by atoms with Gasteiger partial charge in [0.25, 0.3) is 5.91 Å². The summed E-state index contributed by atoms with van der Waals surface area (Å²) in [5, 5.41) is 9.74. The second-order valence-corrected chi connectivity index (χ2v) is 5.77. The number of aromatic nitrogens is 2. The number of piperidine rings is 1. The molecule has 1 aliphatic heterocycles. The Bertz CT molecular complexity index is 705. The lowest BCUT2D eigenvalue weighted by Gasteiger charge is -2.34. The summed E-state index contributed by atoms with van der Waals surface area (Å²) >= 11 is 0. The van der Waals surface area contributed by atoms with Gasteiger partial charge in [0.2, 0.25) is 0 Å². The zero-order chi connectivity index (χ0) is 15.7. The van der Waals surface area contributed by atoms with E-state index in [0.717, 1.165) is 12.8 Å². The summed E-state index contributed by atoms with van der Waals surface area (Å²) in [5.74, 6) is -0.695. The average molecular weight is 303 g/mol. The van der Waals surface area contributed by atoms with Gasteiger partial charge in [0, 0.05) is 37.5 Å². The molecular weight excluding hydrogens is 285 g/mol. The first-order valence-corrected chi connectivity index (χ1v) is 7.44. The summed E-state index contributed by atoms with van der Waals surface area (Å²) in [6, 6.07) is 2.49. The SMILES string of the molecule is CC(O)C1CCCN(C(=O)c2cc(F)cc3nccnc23)C1. The van der Waals surface area contributed by atoms with Gasteiger partial charge >= 0.3 is 0 Å². The molecule has 3 rings (SSSR count). The second kappa shape index (κ2) is 5.96. The minimum Gasteiger partial charge on any atom is -0.393 e. The van der Waals surface area contributed by atoms with Gasteiger partial charge in [0.05, 0.1) is 17.2 Å². The second-order valence-electron chi connectivity index (χ2n) is 5.77. The monoisotopic (exact) mass is 303 g/mol. The molecule has 0 spiro atoms. The average Bonchev–Trinajstić information content (AvgIpc) is 2.53. The van der Waals surface area contributed by atoms with Crippen LogP contribution in [0.25, 0.3) is 11.0 Å². The number of aliphatic hydroxyl groups excluding tert-OH is 1. The Labute approximate surface area is 127 Å². The molecule has 2 aromatic rings. The molecule has 2 heterocycles. The third-order valence-corrected chi connectivity index (χ3v) is 4.20. The topological polar surface area (TPSA) is 66.3 Å². The number of rotatable bonds is 2. The maximum Gasteiger partial charge on any atom is 0.256 e. The van der Waals surface area contributed by atoms with E-state index in [4.69, 9.17) is 0 Å². The number of fused-ring (bicyclic) bond motifs is 1. The number of carbonyl (C=O) groups excluding carboxylic acids is 1. The van der Waals surface area contributed by atoms with Gasteiger partial charge in [-0.2, -0.15) is 0 Å². The number of halogens is 1. The Balaban J connectivity index is 1.95. The molecule has 22 heavy (non-hydrogen) atoms. The van der Waals surface area contributed by atoms with Gasteiger partial charge in [-0.25, -0.2) is 4.39 Å². The van der Waals surface area contributed by atoms with Crippen LogP contribution in [0.4, 0.5) is 4.39 Å². The first-order chi connectivity index (χ1) is 10.6. The molecule has 1 saturated heterocycles. The first-order valence-electron chi connectivity index (χ1n) is 7.44. The van der Waals surface area contributed by atoms with E-state index < -0.39 is 11.9 Å². The Hall–Kier alpha value is -2.08. The molecule has 116 valence electrons. The predicted molar refractivity (Wildman–Crippen MR) is 79.8 cm³/mol. The van der Waals surface area contributed by atoms with E-state index in [1.165, 1.54) is 24.5 Å². The van der Waals surface area contributed by atoms with Gasteiger partial charge in [0.1, 0.15) is 11.3 Å². The Morgan fingerprint density at radius 2 is 2.18 bits per heavy atom. The lowest BCUT2D eigenvalue weighted by Crippen LogP contribution is -2.43. The third-order valence-electron chi connectivity index (χ3n) is 4.20. The van der Waals surface area contributed by atoms with E-state index >= 15 is 0 Å². The molecule has 0 aliphatic carbocycles. The van der Waals surface area contributed by atoms with Crippen molar-refractivity contribution in [3.63, 3.8) is 0 Å². The summed E-state index contributed by atoms with van der Waals surface area (Å²) in [5.41, 5.74) is 1.01. The summed E-state index contributed by atoms with van der Waals surface area (Å²) in [4.78, 5) is 22.6. The van der Waals surface area contributed by atoms with Crippen LogP contribution in [0.5, 0.6) is 0 Å². The Morgan fingerprint density at radius 3 is 2.95 bits per heavy atom. The number of likely N-dealkylation sites (tertiary alicyclic amines) is 1. The van der Waals surface area contributed by atoms with Gasteiger partial charge < -0.3 is 10.0 Å². The maximum absolute atomic E-state index is 13.8. The minimum absolute atomic E-state index is 0.0589.